The van der Waals surface area contributed by atoms with Gasteiger partial charge in [-0.3, -0.25) is 9.69 Å². The first-order chi connectivity index (χ1) is 6.06. The second-order valence-corrected chi connectivity index (χ2v) is 3.72. The second kappa shape index (κ2) is 3.80. The van der Waals surface area contributed by atoms with Gasteiger partial charge in [-0.05, 0) is 26.8 Å². The number of carbonyl (C=O) groups excluding carboxylic acids is 1. The summed E-state index contributed by atoms with van der Waals surface area (Å²) in [6.45, 7) is 5.69. The molecule has 1 aliphatic heterocycles. The monoisotopic (exact) mass is 180 g/mol. The minimum Gasteiger partial charge on any atom is -0.329 e. The van der Waals surface area contributed by atoms with Crippen LogP contribution in [0.25, 0.3) is 0 Å². The van der Waals surface area contributed by atoms with Crippen molar-refractivity contribution in [3.8, 4) is 12.3 Å². The highest BCUT2D eigenvalue weighted by Gasteiger charge is 2.28. The van der Waals surface area contributed by atoms with Crippen LogP contribution < -0.4 is 0 Å². The molecule has 0 aliphatic carbocycles. The Bertz CT molecular complexity index is 232. The minimum absolute atomic E-state index is 0.188. The van der Waals surface area contributed by atoms with Crippen LogP contribution >= 0.6 is 0 Å². The molecule has 0 aromatic heterocycles. The van der Waals surface area contributed by atoms with Gasteiger partial charge in [0.15, 0.2) is 0 Å². The fourth-order valence-electron chi connectivity index (χ4n) is 1.66. The first kappa shape index (κ1) is 10.1. The summed E-state index contributed by atoms with van der Waals surface area (Å²) in [5, 5.41) is 0. The lowest BCUT2D eigenvalue weighted by Gasteiger charge is -2.41. The summed E-state index contributed by atoms with van der Waals surface area (Å²) in [4.78, 5) is 15.2. The molecule has 1 aliphatic rings. The molecule has 1 heterocycles. The van der Waals surface area contributed by atoms with Crippen LogP contribution in [0, 0.1) is 12.3 Å². The molecular formula is C10H16N2O. The predicted molar refractivity (Wildman–Crippen MR) is 52.1 cm³/mol. The summed E-state index contributed by atoms with van der Waals surface area (Å²) >= 11 is 0. The third kappa shape index (κ3) is 2.02. The molecule has 1 rings (SSSR count). The van der Waals surface area contributed by atoms with Gasteiger partial charge in [-0.2, -0.15) is 0 Å². The quantitative estimate of drug-likeness (QED) is 0.496. The molecule has 2 atom stereocenters. The van der Waals surface area contributed by atoms with Crippen molar-refractivity contribution < 1.29 is 4.79 Å². The van der Waals surface area contributed by atoms with Gasteiger partial charge in [-0.25, -0.2) is 0 Å². The summed E-state index contributed by atoms with van der Waals surface area (Å²) in [7, 11) is 2.08. The number of hydrogen-bond donors (Lipinski definition) is 0. The summed E-state index contributed by atoms with van der Waals surface area (Å²) in [6, 6.07) is 0.780. The van der Waals surface area contributed by atoms with E-state index in [-0.39, 0.29) is 5.91 Å². The standard InChI is InChI=1S/C10H16N2O/c1-5-10(13)12-6-8(2)11(4)9(3)7-12/h1,8-9H,6-7H2,2-4H3. The maximum Gasteiger partial charge on any atom is 0.298 e. The zero-order valence-corrected chi connectivity index (χ0v) is 8.45. The van der Waals surface area contributed by atoms with Gasteiger partial charge in [0.2, 0.25) is 0 Å². The lowest BCUT2D eigenvalue weighted by Crippen LogP contribution is -2.56. The molecule has 0 N–H and O–H groups in total. The second-order valence-electron chi connectivity index (χ2n) is 3.72. The summed E-state index contributed by atoms with van der Waals surface area (Å²) in [5.41, 5.74) is 0. The van der Waals surface area contributed by atoms with Crippen molar-refractivity contribution in [2.75, 3.05) is 20.1 Å². The van der Waals surface area contributed by atoms with Crippen molar-refractivity contribution in [3.63, 3.8) is 0 Å². The van der Waals surface area contributed by atoms with Gasteiger partial charge >= 0.3 is 0 Å². The van der Waals surface area contributed by atoms with Crippen LogP contribution in [-0.4, -0.2) is 47.9 Å². The van der Waals surface area contributed by atoms with Crippen LogP contribution in [0.5, 0.6) is 0 Å². The fraction of sp³-hybridized carbons (Fsp3) is 0.700. The maximum absolute atomic E-state index is 11.2. The number of carbonyl (C=O) groups is 1. The SMILES string of the molecule is C#CC(=O)N1CC(C)N(C)C(C)C1. The molecule has 72 valence electrons. The molecule has 0 radical (unpaired) electrons. The lowest BCUT2D eigenvalue weighted by molar-refractivity contribution is -0.128. The van der Waals surface area contributed by atoms with Crippen LogP contribution in [0.4, 0.5) is 0 Å². The van der Waals surface area contributed by atoms with Crippen LogP contribution in [0.3, 0.4) is 0 Å². The van der Waals surface area contributed by atoms with Crippen LogP contribution in [-0.2, 0) is 4.79 Å². The van der Waals surface area contributed by atoms with E-state index >= 15 is 0 Å². The molecule has 1 fully saturated rings. The highest BCUT2D eigenvalue weighted by molar-refractivity contribution is 5.93. The van der Waals surface area contributed by atoms with Gasteiger partial charge in [-0.1, -0.05) is 0 Å². The number of terminal acetylenes is 1. The van der Waals surface area contributed by atoms with Gasteiger partial charge in [0.25, 0.3) is 5.91 Å². The Labute approximate surface area is 79.7 Å². The molecule has 1 amide bonds. The van der Waals surface area contributed by atoms with Crippen molar-refractivity contribution in [2.24, 2.45) is 0 Å². The van der Waals surface area contributed by atoms with Crippen molar-refractivity contribution >= 4 is 5.91 Å². The molecule has 0 spiro atoms. The number of nitrogens with zero attached hydrogens (tertiary/aromatic N) is 2. The number of amides is 1. The van der Waals surface area contributed by atoms with E-state index in [4.69, 9.17) is 6.42 Å². The smallest absolute Gasteiger partial charge is 0.298 e. The van der Waals surface area contributed by atoms with Crippen LogP contribution in [0.2, 0.25) is 0 Å². The first-order valence-corrected chi connectivity index (χ1v) is 4.53. The normalized spacial score (nSPS) is 29.8. The van der Waals surface area contributed by atoms with E-state index in [1.807, 2.05) is 0 Å². The summed E-state index contributed by atoms with van der Waals surface area (Å²) in [5.74, 6) is 1.97. The third-order valence-corrected chi connectivity index (χ3v) is 2.77. The van der Waals surface area contributed by atoms with Gasteiger partial charge in [-0.15, -0.1) is 6.42 Å². The van der Waals surface area contributed by atoms with E-state index in [9.17, 15) is 4.79 Å². The maximum atomic E-state index is 11.2. The van der Waals surface area contributed by atoms with E-state index < -0.39 is 0 Å². The van der Waals surface area contributed by atoms with E-state index in [0.29, 0.717) is 12.1 Å². The Hall–Kier alpha value is -1.01. The van der Waals surface area contributed by atoms with Crippen LogP contribution in [0.15, 0.2) is 0 Å². The molecule has 0 bridgehead atoms. The Balaban J connectivity index is 2.64. The zero-order chi connectivity index (χ0) is 10.0. The Morgan fingerprint density at radius 3 is 2.23 bits per heavy atom. The van der Waals surface area contributed by atoms with E-state index in [2.05, 4.69) is 31.7 Å². The van der Waals surface area contributed by atoms with Crippen molar-refractivity contribution in [2.45, 2.75) is 25.9 Å². The molecule has 0 saturated carbocycles. The van der Waals surface area contributed by atoms with Crippen molar-refractivity contribution in [3.05, 3.63) is 0 Å². The van der Waals surface area contributed by atoms with Gasteiger partial charge in [0.1, 0.15) is 0 Å². The topological polar surface area (TPSA) is 23.6 Å². The Kier molecular flexibility index (Phi) is 2.94. The van der Waals surface area contributed by atoms with Gasteiger partial charge < -0.3 is 4.90 Å². The fourth-order valence-corrected chi connectivity index (χ4v) is 1.66. The summed E-state index contributed by atoms with van der Waals surface area (Å²) in [6.07, 6.45) is 5.07. The van der Waals surface area contributed by atoms with E-state index in [1.165, 1.54) is 0 Å². The van der Waals surface area contributed by atoms with E-state index in [1.54, 1.807) is 4.90 Å². The number of rotatable bonds is 0. The minimum atomic E-state index is -0.188. The highest BCUT2D eigenvalue weighted by atomic mass is 16.2. The Morgan fingerprint density at radius 2 is 1.85 bits per heavy atom. The largest absolute Gasteiger partial charge is 0.329 e. The molecule has 2 unspecified atom stereocenters. The van der Waals surface area contributed by atoms with E-state index in [0.717, 1.165) is 13.1 Å². The highest BCUT2D eigenvalue weighted by Crippen LogP contribution is 2.12. The number of hydrogen-bond acceptors (Lipinski definition) is 2. The molecule has 13 heavy (non-hydrogen) atoms. The number of piperazine rings is 1. The zero-order valence-electron chi connectivity index (χ0n) is 8.45. The van der Waals surface area contributed by atoms with Gasteiger partial charge in [0, 0.05) is 25.2 Å². The molecule has 3 nitrogen and oxygen atoms in total. The predicted octanol–water partition coefficient (Wildman–Crippen LogP) is 0.171. The average molecular weight is 180 g/mol. The first-order valence-electron chi connectivity index (χ1n) is 4.53. The molecule has 0 aromatic carbocycles. The Morgan fingerprint density at radius 1 is 1.38 bits per heavy atom. The van der Waals surface area contributed by atoms with Crippen molar-refractivity contribution in [1.29, 1.82) is 0 Å². The molecule has 3 heteroatoms. The van der Waals surface area contributed by atoms with Crippen LogP contribution in [0.1, 0.15) is 13.8 Å². The molecular weight excluding hydrogens is 164 g/mol. The van der Waals surface area contributed by atoms with Crippen molar-refractivity contribution in [1.82, 2.24) is 9.80 Å². The summed E-state index contributed by atoms with van der Waals surface area (Å²) < 4.78 is 0. The third-order valence-electron chi connectivity index (χ3n) is 2.77. The number of likely N-dealkylation sites (N-methyl/N-ethyl adjacent to an activating group) is 1. The lowest BCUT2D eigenvalue weighted by atomic mass is 10.1. The average Bonchev–Trinajstić information content (AvgIpc) is 2.12. The molecule has 0 aromatic rings. The van der Waals surface area contributed by atoms with Gasteiger partial charge in [0.05, 0.1) is 0 Å². The molecule has 1 saturated heterocycles.